The molecule has 0 radical (unpaired) electrons. The number of hydrogen-bond donors (Lipinski definition) is 2. The van der Waals surface area contributed by atoms with Gasteiger partial charge in [0.25, 0.3) is 0 Å². The molecule has 0 aliphatic rings. The normalized spacial score (nSPS) is 14.8. The highest BCUT2D eigenvalue weighted by Crippen LogP contribution is 2.13. The fourth-order valence-corrected chi connectivity index (χ4v) is 1.87. The van der Waals surface area contributed by atoms with Crippen LogP contribution in [0, 0.1) is 6.92 Å². The lowest BCUT2D eigenvalue weighted by Crippen LogP contribution is -2.43. The van der Waals surface area contributed by atoms with Crippen LogP contribution in [0.3, 0.4) is 0 Å². The highest BCUT2D eigenvalue weighted by molar-refractivity contribution is 6.29. The van der Waals surface area contributed by atoms with E-state index in [0.29, 0.717) is 29.9 Å². The topological polar surface area (TPSA) is 61.3 Å². The van der Waals surface area contributed by atoms with E-state index in [2.05, 4.69) is 15.3 Å². The van der Waals surface area contributed by atoms with E-state index in [4.69, 9.17) is 11.6 Å². The Bertz CT molecular complexity index is 361. The van der Waals surface area contributed by atoms with Crippen molar-refractivity contribution in [3.8, 4) is 0 Å². The van der Waals surface area contributed by atoms with Gasteiger partial charge < -0.3 is 15.3 Å². The number of nitrogens with zero attached hydrogens (tertiary/aromatic N) is 3. The number of aromatic nitrogens is 2. The van der Waals surface area contributed by atoms with Gasteiger partial charge in [0.1, 0.15) is 16.8 Å². The van der Waals surface area contributed by atoms with Crippen LogP contribution in [0.4, 0.5) is 5.82 Å². The lowest BCUT2D eigenvalue weighted by molar-refractivity contribution is 0.0459. The van der Waals surface area contributed by atoms with Crippen LogP contribution in [0.1, 0.15) is 12.7 Å². The Morgan fingerprint density at radius 1 is 1.47 bits per heavy atom. The molecule has 0 bridgehead atoms. The van der Waals surface area contributed by atoms with Crippen LogP contribution in [-0.4, -0.2) is 52.8 Å². The van der Waals surface area contributed by atoms with Crippen molar-refractivity contribution >= 4 is 17.4 Å². The molecule has 1 atom stereocenters. The monoisotopic (exact) mass is 258 g/mol. The zero-order valence-electron chi connectivity index (χ0n) is 10.7. The molecule has 1 aromatic rings. The first-order chi connectivity index (χ1) is 7.78. The maximum absolute atomic E-state index is 10.1. The molecule has 1 heterocycles. The second-order valence-electron chi connectivity index (χ2n) is 4.71. The summed E-state index contributed by atoms with van der Waals surface area (Å²) in [4.78, 5) is 10.1. The highest BCUT2D eigenvalue weighted by Gasteiger charge is 2.21. The first kappa shape index (κ1) is 14.2. The van der Waals surface area contributed by atoms with Gasteiger partial charge in [-0.1, -0.05) is 11.6 Å². The van der Waals surface area contributed by atoms with Crippen LogP contribution in [0.15, 0.2) is 6.07 Å². The van der Waals surface area contributed by atoms with Gasteiger partial charge in [-0.25, -0.2) is 9.97 Å². The fraction of sp³-hybridized carbons (Fsp3) is 0.636. The summed E-state index contributed by atoms with van der Waals surface area (Å²) < 4.78 is 0. The van der Waals surface area contributed by atoms with E-state index in [0.717, 1.165) is 0 Å². The zero-order chi connectivity index (χ0) is 13.1. The van der Waals surface area contributed by atoms with Crippen molar-refractivity contribution in [3.63, 3.8) is 0 Å². The molecule has 0 aliphatic carbocycles. The summed E-state index contributed by atoms with van der Waals surface area (Å²) in [5, 5.41) is 13.6. The molecule has 6 heteroatoms. The molecule has 0 amide bonds. The highest BCUT2D eigenvalue weighted by atomic mass is 35.5. The molecule has 5 nitrogen and oxygen atoms in total. The molecule has 17 heavy (non-hydrogen) atoms. The minimum atomic E-state index is -0.825. The summed E-state index contributed by atoms with van der Waals surface area (Å²) in [5.41, 5.74) is -0.825. The van der Waals surface area contributed by atoms with E-state index in [1.807, 2.05) is 19.0 Å². The van der Waals surface area contributed by atoms with Crippen molar-refractivity contribution in [2.24, 2.45) is 0 Å². The van der Waals surface area contributed by atoms with Crippen molar-refractivity contribution in [2.45, 2.75) is 19.4 Å². The Balaban J connectivity index is 2.60. The van der Waals surface area contributed by atoms with Gasteiger partial charge in [0.15, 0.2) is 0 Å². The maximum atomic E-state index is 10.1. The summed E-state index contributed by atoms with van der Waals surface area (Å²) in [6.07, 6.45) is 0. The summed E-state index contributed by atoms with van der Waals surface area (Å²) in [5.74, 6) is 1.23. The van der Waals surface area contributed by atoms with Gasteiger partial charge in [-0.3, -0.25) is 0 Å². The molecule has 2 N–H and O–H groups in total. The van der Waals surface area contributed by atoms with Gasteiger partial charge in [0.05, 0.1) is 5.60 Å². The summed E-state index contributed by atoms with van der Waals surface area (Å²) in [6, 6.07) is 1.64. The third-order valence-corrected chi connectivity index (χ3v) is 2.31. The van der Waals surface area contributed by atoms with Crippen molar-refractivity contribution in [1.82, 2.24) is 14.9 Å². The number of hydrogen-bond acceptors (Lipinski definition) is 5. The third kappa shape index (κ3) is 5.30. The van der Waals surface area contributed by atoms with E-state index < -0.39 is 5.60 Å². The van der Waals surface area contributed by atoms with Crippen LogP contribution in [0.25, 0.3) is 0 Å². The number of aryl methyl sites for hydroxylation is 1. The molecule has 0 saturated heterocycles. The Kier molecular flexibility index (Phi) is 4.68. The van der Waals surface area contributed by atoms with Gasteiger partial charge in [-0.2, -0.15) is 0 Å². The molecular weight excluding hydrogens is 240 g/mol. The molecule has 0 spiro atoms. The molecule has 0 aliphatic heterocycles. The summed E-state index contributed by atoms with van der Waals surface area (Å²) in [7, 11) is 3.83. The smallest absolute Gasteiger partial charge is 0.134 e. The summed E-state index contributed by atoms with van der Waals surface area (Å²) in [6.45, 7) is 4.51. The second kappa shape index (κ2) is 5.62. The molecule has 1 unspecified atom stereocenters. The van der Waals surface area contributed by atoms with Crippen molar-refractivity contribution < 1.29 is 5.11 Å². The average Bonchev–Trinajstić information content (AvgIpc) is 2.11. The van der Waals surface area contributed by atoms with E-state index in [1.54, 1.807) is 19.9 Å². The van der Waals surface area contributed by atoms with E-state index in [9.17, 15) is 5.11 Å². The first-order valence-electron chi connectivity index (χ1n) is 5.41. The predicted octanol–water partition coefficient (Wildman–Crippen LogP) is 1.16. The Morgan fingerprint density at radius 2 is 2.12 bits per heavy atom. The van der Waals surface area contributed by atoms with E-state index in [1.165, 1.54) is 0 Å². The standard InChI is InChI=1S/C11H19ClN4O/c1-8-14-9(12)5-10(15-8)13-6-11(2,17)7-16(3)4/h5,17H,6-7H2,1-4H3,(H,13,14,15). The Morgan fingerprint density at radius 3 is 2.65 bits per heavy atom. The lowest BCUT2D eigenvalue weighted by atomic mass is 10.1. The Labute approximate surface area is 107 Å². The zero-order valence-corrected chi connectivity index (χ0v) is 11.4. The van der Waals surface area contributed by atoms with Crippen LogP contribution >= 0.6 is 11.6 Å². The summed E-state index contributed by atoms with van der Waals surface area (Å²) >= 11 is 5.82. The number of likely N-dealkylation sites (N-methyl/N-ethyl adjacent to an activating group) is 1. The number of halogens is 1. The van der Waals surface area contributed by atoms with Crippen LogP contribution in [0.5, 0.6) is 0 Å². The minimum absolute atomic E-state index is 0.396. The third-order valence-electron chi connectivity index (χ3n) is 2.11. The maximum Gasteiger partial charge on any atom is 0.134 e. The molecule has 0 saturated carbocycles. The van der Waals surface area contributed by atoms with Gasteiger partial charge >= 0.3 is 0 Å². The number of anilines is 1. The lowest BCUT2D eigenvalue weighted by Gasteiger charge is -2.27. The van der Waals surface area contributed by atoms with Crippen LogP contribution < -0.4 is 5.32 Å². The Hall–Kier alpha value is -0.910. The van der Waals surface area contributed by atoms with Gasteiger partial charge in [-0.05, 0) is 27.9 Å². The number of aliphatic hydroxyl groups is 1. The van der Waals surface area contributed by atoms with Crippen molar-refractivity contribution in [3.05, 3.63) is 17.0 Å². The molecule has 0 fully saturated rings. The molecule has 1 rings (SSSR count). The second-order valence-corrected chi connectivity index (χ2v) is 5.10. The first-order valence-corrected chi connectivity index (χ1v) is 5.78. The quantitative estimate of drug-likeness (QED) is 0.777. The molecule has 96 valence electrons. The predicted molar refractivity (Wildman–Crippen MR) is 69.4 cm³/mol. The molecule has 1 aromatic heterocycles. The molecular formula is C11H19ClN4O. The SMILES string of the molecule is Cc1nc(Cl)cc(NCC(C)(O)CN(C)C)n1. The largest absolute Gasteiger partial charge is 0.387 e. The van der Waals surface area contributed by atoms with Crippen molar-refractivity contribution in [2.75, 3.05) is 32.5 Å². The van der Waals surface area contributed by atoms with Crippen molar-refractivity contribution in [1.29, 1.82) is 0 Å². The number of rotatable bonds is 5. The molecule has 0 aromatic carbocycles. The van der Waals surface area contributed by atoms with E-state index >= 15 is 0 Å². The minimum Gasteiger partial charge on any atom is -0.387 e. The van der Waals surface area contributed by atoms with E-state index in [-0.39, 0.29) is 0 Å². The average molecular weight is 259 g/mol. The van der Waals surface area contributed by atoms with Gasteiger partial charge in [0.2, 0.25) is 0 Å². The fourth-order valence-electron chi connectivity index (χ4n) is 1.64. The number of nitrogens with one attached hydrogen (secondary N) is 1. The van der Waals surface area contributed by atoms with Gasteiger partial charge in [0, 0.05) is 19.2 Å². The van der Waals surface area contributed by atoms with Crippen LogP contribution in [0.2, 0.25) is 5.15 Å². The van der Waals surface area contributed by atoms with Crippen LogP contribution in [-0.2, 0) is 0 Å². The van der Waals surface area contributed by atoms with Gasteiger partial charge in [-0.15, -0.1) is 0 Å².